The van der Waals surface area contributed by atoms with Gasteiger partial charge in [0.15, 0.2) is 22.9 Å². The first kappa shape index (κ1) is 62.5. The normalized spacial score (nSPS) is 15.0. The Kier molecular flexibility index (Phi) is 19.3. The number of benzene rings is 4. The third kappa shape index (κ3) is 15.4. The number of aromatic nitrogens is 8. The number of hydrogen-bond donors (Lipinski definition) is 5. The van der Waals surface area contributed by atoms with E-state index in [1.165, 1.54) is 37.4 Å². The molecule has 4 aromatic carbocycles. The van der Waals surface area contributed by atoms with Crippen LogP contribution in [0.5, 0.6) is 34.5 Å². The van der Waals surface area contributed by atoms with E-state index in [1.807, 2.05) is 87.1 Å². The molecule has 10 aromatic rings. The van der Waals surface area contributed by atoms with Gasteiger partial charge in [-0.05, 0) is 147 Å². The van der Waals surface area contributed by atoms with Gasteiger partial charge in [0, 0.05) is 98.4 Å². The van der Waals surface area contributed by atoms with Crippen LogP contribution in [-0.2, 0) is 17.9 Å². The summed E-state index contributed by atoms with van der Waals surface area (Å²) in [7, 11) is 5.38. The third-order valence-electron chi connectivity index (χ3n) is 16.2. The summed E-state index contributed by atoms with van der Waals surface area (Å²) in [5.74, 6) is 4.99. The molecule has 3 fully saturated rings. The van der Waals surface area contributed by atoms with Crippen LogP contribution in [0, 0.1) is 22.7 Å². The van der Waals surface area contributed by atoms with Gasteiger partial charge in [-0.25, -0.2) is 29.3 Å². The number of methoxy groups -OCH3 is 2. The second kappa shape index (κ2) is 29.0. The van der Waals surface area contributed by atoms with E-state index in [2.05, 4.69) is 53.5 Å². The molecule has 8 heterocycles. The van der Waals surface area contributed by atoms with Crippen molar-refractivity contribution in [1.29, 1.82) is 10.5 Å². The number of hydrogen-bond acceptors (Lipinski definition) is 19. The first-order chi connectivity index (χ1) is 45.9. The molecule has 3 aliphatic rings. The minimum absolute atomic E-state index is 0.0122. The van der Waals surface area contributed by atoms with Crippen LogP contribution in [0.1, 0.15) is 68.7 Å². The van der Waals surface area contributed by atoms with Gasteiger partial charge in [0.1, 0.15) is 56.9 Å². The molecule has 3 amide bonds. The molecular formula is C70H67N17O7. The summed E-state index contributed by atoms with van der Waals surface area (Å²) in [6, 6.07) is 44.0. The molecule has 6 aromatic heterocycles. The highest BCUT2D eigenvalue weighted by Crippen LogP contribution is 2.38. The van der Waals surface area contributed by atoms with Crippen molar-refractivity contribution in [2.45, 2.75) is 56.9 Å². The van der Waals surface area contributed by atoms with Crippen molar-refractivity contribution in [3.63, 3.8) is 0 Å². The van der Waals surface area contributed by atoms with Crippen molar-refractivity contribution >= 4 is 63.1 Å². The summed E-state index contributed by atoms with van der Waals surface area (Å²) < 4.78 is 27.1. The topological polar surface area (TPSA) is 290 Å². The van der Waals surface area contributed by atoms with Crippen LogP contribution in [0.15, 0.2) is 170 Å². The fraction of sp³-hybridized carbons (Fsp3) is 0.243. The largest absolute Gasteiger partial charge is 0.497 e. The molecule has 0 bridgehead atoms. The van der Waals surface area contributed by atoms with E-state index in [1.54, 1.807) is 99.4 Å². The number of fused-ring (bicyclic) bond motifs is 2. The van der Waals surface area contributed by atoms with Crippen LogP contribution in [0.3, 0.4) is 0 Å². The van der Waals surface area contributed by atoms with E-state index < -0.39 is 0 Å². The van der Waals surface area contributed by atoms with E-state index in [0.717, 1.165) is 60.5 Å². The molecule has 2 atom stereocenters. The molecule has 0 spiro atoms. The van der Waals surface area contributed by atoms with Gasteiger partial charge in [0.05, 0.1) is 50.6 Å². The lowest BCUT2D eigenvalue weighted by Crippen LogP contribution is -2.30. The number of likely N-dealkylation sites (N-methyl/N-ethyl adjacent to an activating group) is 1. The fourth-order valence-corrected chi connectivity index (χ4v) is 11.0. The Morgan fingerprint density at radius 3 is 1.54 bits per heavy atom. The Morgan fingerprint density at radius 1 is 0.606 bits per heavy atom. The molecule has 1 aliphatic carbocycles. The monoisotopic (exact) mass is 1260 g/mol. The Morgan fingerprint density at radius 2 is 1.09 bits per heavy atom. The van der Waals surface area contributed by atoms with Crippen molar-refractivity contribution in [3.8, 4) is 46.6 Å². The molecule has 1 saturated carbocycles. The van der Waals surface area contributed by atoms with E-state index in [0.29, 0.717) is 112 Å². The molecule has 24 nitrogen and oxygen atoms in total. The van der Waals surface area contributed by atoms with E-state index >= 15 is 0 Å². The highest BCUT2D eigenvalue weighted by Gasteiger charge is 2.29. The zero-order valence-electron chi connectivity index (χ0n) is 51.9. The first-order valence-corrected chi connectivity index (χ1v) is 30.7. The van der Waals surface area contributed by atoms with Gasteiger partial charge in [-0.2, -0.15) is 20.7 Å². The first-order valence-electron chi connectivity index (χ1n) is 30.7. The van der Waals surface area contributed by atoms with Crippen molar-refractivity contribution in [2.75, 3.05) is 75.3 Å². The Labute approximate surface area is 541 Å². The van der Waals surface area contributed by atoms with Crippen molar-refractivity contribution in [1.82, 2.24) is 54.6 Å². The highest BCUT2D eigenvalue weighted by atomic mass is 16.5. The van der Waals surface area contributed by atoms with Crippen LogP contribution in [0.4, 0.5) is 23.3 Å². The number of carbonyl (C=O) groups is 3. The van der Waals surface area contributed by atoms with Gasteiger partial charge in [0.2, 0.25) is 5.91 Å². The maximum Gasteiger partial charge on any atom is 0.256 e. The minimum Gasteiger partial charge on any atom is -0.497 e. The summed E-state index contributed by atoms with van der Waals surface area (Å²) in [6.45, 7) is 4.74. The second-order valence-corrected chi connectivity index (χ2v) is 22.8. The average Bonchev–Trinajstić information content (AvgIpc) is 1.63. The number of nitrogens with one attached hydrogen (secondary N) is 5. The Bertz CT molecular complexity index is 4460. The SMILES string of the molecule is COc1ccc(Cn2nc(N[C@@H]3CCN(C(=O)/C=C/CN(C)C4CC4)C3)c3c(Oc4ccc(C(=O)Nc5cc(C#N)ccn5)cc4)ccnc32)cc1.COc1ccc(Cn2nc(N[C@@H]3CCNC3)c3c(Oc4ccc(C(=O)Nc5cc(C#N)ccn5)cc4)ccnc32)cc1. The van der Waals surface area contributed by atoms with Gasteiger partial charge < -0.3 is 50.4 Å². The number of nitrogens with zero attached hydrogens (tertiary/aromatic N) is 12. The summed E-state index contributed by atoms with van der Waals surface area (Å²) in [6.07, 6.45) is 14.2. The van der Waals surface area contributed by atoms with E-state index in [-0.39, 0.29) is 35.6 Å². The smallest absolute Gasteiger partial charge is 0.256 e. The molecule has 0 radical (unpaired) electrons. The number of rotatable bonds is 22. The van der Waals surface area contributed by atoms with Gasteiger partial charge in [-0.3, -0.25) is 19.3 Å². The third-order valence-corrected chi connectivity index (χ3v) is 16.2. The van der Waals surface area contributed by atoms with Crippen LogP contribution < -0.4 is 45.5 Å². The maximum atomic E-state index is 13.0. The maximum absolute atomic E-state index is 13.0. The summed E-state index contributed by atoms with van der Waals surface area (Å²) in [5.41, 5.74) is 5.05. The lowest BCUT2D eigenvalue weighted by molar-refractivity contribution is -0.125. The number of nitriles is 2. The lowest BCUT2D eigenvalue weighted by Gasteiger charge is -2.16. The average molecular weight is 1260 g/mol. The van der Waals surface area contributed by atoms with Gasteiger partial charge in [0.25, 0.3) is 11.8 Å². The predicted octanol–water partition coefficient (Wildman–Crippen LogP) is 10.0. The molecule has 2 saturated heterocycles. The molecule has 474 valence electrons. The Balaban J connectivity index is 0.000000185. The van der Waals surface area contributed by atoms with Gasteiger partial charge in [-0.15, -0.1) is 0 Å². The minimum atomic E-state index is -0.364. The zero-order chi connectivity index (χ0) is 64.9. The van der Waals surface area contributed by atoms with E-state index in [9.17, 15) is 14.4 Å². The van der Waals surface area contributed by atoms with Crippen LogP contribution in [0.2, 0.25) is 0 Å². The fourth-order valence-electron chi connectivity index (χ4n) is 11.0. The number of carbonyl (C=O) groups excluding carboxylic acids is 3. The summed E-state index contributed by atoms with van der Waals surface area (Å²) in [4.78, 5) is 60.4. The molecule has 0 unspecified atom stereocenters. The van der Waals surface area contributed by atoms with Crippen LogP contribution >= 0.6 is 0 Å². The number of amides is 3. The number of ether oxygens (including phenoxy) is 4. The molecule has 2 aliphatic heterocycles. The molecule has 94 heavy (non-hydrogen) atoms. The molecule has 5 N–H and O–H groups in total. The molecular weight excluding hydrogens is 1190 g/mol. The Hall–Kier alpha value is -11.7. The standard InChI is InChI=1S/C39H39N9O4.C31H28N8O3/c1-46(30-9-10-30)20-3-4-35(49)47-21-17-29(25-47)43-37-36-33(16-19-42-38(36)48(45-37)24-26-5-11-31(51-2)12-6-26)52-32-13-7-28(8-14-32)39(50)44-34-22-27(23-40)15-18-41-34;1-41-24-6-2-20(3-7-24)19-39-30-28(29(38-39)36-23-11-13-33-18-23)26(12-15-35-30)42-25-8-4-22(5-9-25)31(40)37-27-16-21(17-32)10-14-34-27/h3-8,11-16,18-19,22,29-30H,9-10,17,20-21,24-25H2,1-2H3,(H,43,45)(H,41,44,50);2-10,12,14-16,23,33H,11,13,18-19H2,1H3,(H,36,38)(H,34,37,40)/b4-3+;/t29-;23-/m11/s1. The van der Waals surface area contributed by atoms with E-state index in [4.69, 9.17) is 44.7 Å². The van der Waals surface area contributed by atoms with Crippen molar-refractivity contribution in [2.24, 2.45) is 0 Å². The summed E-state index contributed by atoms with van der Waals surface area (Å²) in [5, 5.41) is 45.6. The molecule has 13 rings (SSSR count). The van der Waals surface area contributed by atoms with Crippen LogP contribution in [-0.4, -0.2) is 139 Å². The highest BCUT2D eigenvalue weighted by molar-refractivity contribution is 6.04. The van der Waals surface area contributed by atoms with Crippen molar-refractivity contribution < 1.29 is 33.3 Å². The van der Waals surface area contributed by atoms with Crippen molar-refractivity contribution in [3.05, 3.63) is 204 Å². The second-order valence-electron chi connectivity index (χ2n) is 22.8. The number of pyridine rings is 4. The zero-order valence-corrected chi connectivity index (χ0v) is 51.9. The van der Waals surface area contributed by atoms with Gasteiger partial charge in [-0.1, -0.05) is 30.3 Å². The number of likely N-dealkylation sites (tertiary alicyclic amines) is 1. The van der Waals surface area contributed by atoms with Crippen LogP contribution in [0.25, 0.3) is 22.1 Å². The summed E-state index contributed by atoms with van der Waals surface area (Å²) >= 11 is 0. The van der Waals surface area contributed by atoms with Gasteiger partial charge >= 0.3 is 0 Å². The lowest BCUT2D eigenvalue weighted by atomic mass is 10.2. The quantitative estimate of drug-likeness (QED) is 0.0394. The predicted molar refractivity (Wildman–Crippen MR) is 354 cm³/mol. The number of anilines is 4. The molecule has 24 heteroatoms.